The van der Waals surface area contributed by atoms with Gasteiger partial charge in [0.15, 0.2) is 0 Å². The van der Waals surface area contributed by atoms with Crippen molar-refractivity contribution in [2.75, 3.05) is 19.7 Å². The minimum Gasteiger partial charge on any atom is -0.377 e. The predicted molar refractivity (Wildman–Crippen MR) is 71.1 cm³/mol. The highest BCUT2D eigenvalue weighted by Gasteiger charge is 2.29. The van der Waals surface area contributed by atoms with Gasteiger partial charge in [0.1, 0.15) is 0 Å². The van der Waals surface area contributed by atoms with Crippen molar-refractivity contribution in [1.82, 2.24) is 4.90 Å². The van der Waals surface area contributed by atoms with Crippen LogP contribution in [0.15, 0.2) is 0 Å². The summed E-state index contributed by atoms with van der Waals surface area (Å²) in [6.07, 6.45) is 9.25. The monoisotopic (exact) mass is 240 g/mol. The van der Waals surface area contributed by atoms with Crippen molar-refractivity contribution in [3.05, 3.63) is 0 Å². The Morgan fingerprint density at radius 2 is 2.00 bits per heavy atom. The van der Waals surface area contributed by atoms with Crippen LogP contribution < -0.4 is 5.73 Å². The first-order chi connectivity index (χ1) is 8.31. The van der Waals surface area contributed by atoms with Crippen molar-refractivity contribution in [2.45, 2.75) is 70.1 Å². The Labute approximate surface area is 106 Å². The summed E-state index contributed by atoms with van der Waals surface area (Å²) in [6, 6.07) is 0.987. The lowest BCUT2D eigenvalue weighted by atomic mass is 10.0. The number of rotatable bonds is 2. The van der Waals surface area contributed by atoms with Crippen molar-refractivity contribution >= 4 is 0 Å². The molecule has 2 rings (SSSR count). The van der Waals surface area contributed by atoms with Crippen LogP contribution in [0.25, 0.3) is 0 Å². The molecule has 0 radical (unpaired) electrons. The second-order valence-corrected chi connectivity index (χ2v) is 5.62. The SMILES string of the molecule is CCC1CN(C2CCCCCC2N)CCCO1. The third kappa shape index (κ3) is 3.67. The van der Waals surface area contributed by atoms with E-state index in [2.05, 4.69) is 11.8 Å². The minimum atomic E-state index is 0.383. The molecule has 0 aromatic rings. The molecule has 100 valence electrons. The predicted octanol–water partition coefficient (Wildman–Crippen LogP) is 2.15. The second kappa shape index (κ2) is 6.72. The molecule has 3 atom stereocenters. The average Bonchev–Trinajstić information content (AvgIpc) is 2.68. The Morgan fingerprint density at radius 1 is 1.18 bits per heavy atom. The molecule has 3 unspecified atom stereocenters. The van der Waals surface area contributed by atoms with Gasteiger partial charge in [0.25, 0.3) is 0 Å². The van der Waals surface area contributed by atoms with E-state index in [1.807, 2.05) is 0 Å². The van der Waals surface area contributed by atoms with Gasteiger partial charge in [-0.25, -0.2) is 0 Å². The van der Waals surface area contributed by atoms with Crippen LogP contribution in [0.1, 0.15) is 51.9 Å². The molecule has 0 aromatic carbocycles. The molecule has 2 fully saturated rings. The van der Waals surface area contributed by atoms with Gasteiger partial charge in [-0.3, -0.25) is 4.90 Å². The highest BCUT2D eigenvalue weighted by molar-refractivity contribution is 4.86. The molecule has 3 heteroatoms. The Morgan fingerprint density at radius 3 is 2.82 bits per heavy atom. The van der Waals surface area contributed by atoms with Gasteiger partial charge in [-0.05, 0) is 25.7 Å². The average molecular weight is 240 g/mol. The van der Waals surface area contributed by atoms with E-state index in [9.17, 15) is 0 Å². The maximum absolute atomic E-state index is 6.37. The van der Waals surface area contributed by atoms with Gasteiger partial charge >= 0.3 is 0 Å². The number of hydrogen-bond acceptors (Lipinski definition) is 3. The van der Waals surface area contributed by atoms with Crippen LogP contribution in [0.2, 0.25) is 0 Å². The molecule has 1 saturated carbocycles. The van der Waals surface area contributed by atoms with Crippen LogP contribution in [0.4, 0.5) is 0 Å². The zero-order chi connectivity index (χ0) is 12.1. The van der Waals surface area contributed by atoms with E-state index in [1.54, 1.807) is 0 Å². The third-order valence-corrected chi connectivity index (χ3v) is 4.34. The number of nitrogens with two attached hydrogens (primary N) is 1. The minimum absolute atomic E-state index is 0.383. The molecule has 1 aliphatic heterocycles. The highest BCUT2D eigenvalue weighted by atomic mass is 16.5. The smallest absolute Gasteiger partial charge is 0.0699 e. The molecular formula is C14H28N2O. The molecule has 1 heterocycles. The molecule has 0 amide bonds. The molecular weight excluding hydrogens is 212 g/mol. The van der Waals surface area contributed by atoms with Crippen LogP contribution in [-0.2, 0) is 4.74 Å². The fourth-order valence-corrected chi connectivity index (χ4v) is 3.24. The van der Waals surface area contributed by atoms with Crippen molar-refractivity contribution in [2.24, 2.45) is 5.73 Å². The topological polar surface area (TPSA) is 38.5 Å². The molecule has 0 aromatic heterocycles. The van der Waals surface area contributed by atoms with Crippen LogP contribution >= 0.6 is 0 Å². The Bertz CT molecular complexity index is 222. The summed E-state index contributed by atoms with van der Waals surface area (Å²) in [7, 11) is 0. The van der Waals surface area contributed by atoms with E-state index in [0.717, 1.165) is 19.6 Å². The second-order valence-electron chi connectivity index (χ2n) is 5.62. The zero-order valence-corrected chi connectivity index (χ0v) is 11.2. The lowest BCUT2D eigenvalue weighted by Gasteiger charge is -2.34. The van der Waals surface area contributed by atoms with Crippen LogP contribution in [0.3, 0.4) is 0 Å². The van der Waals surface area contributed by atoms with Crippen molar-refractivity contribution in [3.8, 4) is 0 Å². The summed E-state index contributed by atoms with van der Waals surface area (Å²) >= 11 is 0. The summed E-state index contributed by atoms with van der Waals surface area (Å²) in [5.74, 6) is 0. The van der Waals surface area contributed by atoms with Gasteiger partial charge in [-0.15, -0.1) is 0 Å². The molecule has 3 nitrogen and oxygen atoms in total. The highest BCUT2D eigenvalue weighted by Crippen LogP contribution is 2.23. The molecule has 0 spiro atoms. The normalized spacial score (nSPS) is 37.4. The largest absolute Gasteiger partial charge is 0.377 e. The third-order valence-electron chi connectivity index (χ3n) is 4.34. The van der Waals surface area contributed by atoms with Crippen LogP contribution in [-0.4, -0.2) is 42.8 Å². The fraction of sp³-hybridized carbons (Fsp3) is 1.00. The molecule has 2 N–H and O–H groups in total. The van der Waals surface area contributed by atoms with Crippen LogP contribution in [0.5, 0.6) is 0 Å². The van der Waals surface area contributed by atoms with Crippen molar-refractivity contribution < 1.29 is 4.74 Å². The Hall–Kier alpha value is -0.120. The van der Waals surface area contributed by atoms with Crippen molar-refractivity contribution in [1.29, 1.82) is 0 Å². The molecule has 2 aliphatic rings. The molecule has 1 aliphatic carbocycles. The summed E-state index contributed by atoms with van der Waals surface area (Å²) in [5, 5.41) is 0. The van der Waals surface area contributed by atoms with Gasteiger partial charge in [0.2, 0.25) is 0 Å². The Kier molecular flexibility index (Phi) is 5.26. The van der Waals surface area contributed by atoms with Gasteiger partial charge in [-0.2, -0.15) is 0 Å². The summed E-state index contributed by atoms with van der Waals surface area (Å²) in [4.78, 5) is 2.62. The Balaban J connectivity index is 1.97. The number of nitrogens with zero attached hydrogens (tertiary/aromatic N) is 1. The zero-order valence-electron chi connectivity index (χ0n) is 11.2. The van der Waals surface area contributed by atoms with E-state index in [-0.39, 0.29) is 0 Å². The van der Waals surface area contributed by atoms with E-state index < -0.39 is 0 Å². The molecule has 1 saturated heterocycles. The van der Waals surface area contributed by atoms with Gasteiger partial charge < -0.3 is 10.5 Å². The van der Waals surface area contributed by atoms with Gasteiger partial charge in [0.05, 0.1) is 6.10 Å². The first-order valence-corrected chi connectivity index (χ1v) is 7.42. The number of ether oxygens (including phenoxy) is 1. The summed E-state index contributed by atoms with van der Waals surface area (Å²) in [5.41, 5.74) is 6.37. The molecule has 17 heavy (non-hydrogen) atoms. The van der Waals surface area contributed by atoms with E-state index >= 15 is 0 Å². The first kappa shape index (κ1) is 13.3. The van der Waals surface area contributed by atoms with E-state index in [0.29, 0.717) is 18.2 Å². The summed E-state index contributed by atoms with van der Waals surface area (Å²) in [6.45, 7) is 5.42. The van der Waals surface area contributed by atoms with Crippen LogP contribution in [0, 0.1) is 0 Å². The van der Waals surface area contributed by atoms with Crippen molar-refractivity contribution in [3.63, 3.8) is 0 Å². The molecule has 0 bridgehead atoms. The maximum atomic E-state index is 6.37. The number of hydrogen-bond donors (Lipinski definition) is 1. The maximum Gasteiger partial charge on any atom is 0.0699 e. The standard InChI is InChI=1S/C14H28N2O/c1-2-12-11-16(9-6-10-17-12)14-8-5-3-4-7-13(14)15/h12-14H,2-11,15H2,1H3. The fourth-order valence-electron chi connectivity index (χ4n) is 3.24. The van der Waals surface area contributed by atoms with E-state index in [1.165, 1.54) is 45.1 Å². The summed E-state index contributed by atoms with van der Waals surface area (Å²) < 4.78 is 5.86. The first-order valence-electron chi connectivity index (χ1n) is 7.42. The van der Waals surface area contributed by atoms with Gasteiger partial charge in [0, 0.05) is 31.8 Å². The lowest BCUT2D eigenvalue weighted by molar-refractivity contribution is 0.0422. The van der Waals surface area contributed by atoms with Gasteiger partial charge in [-0.1, -0.05) is 26.2 Å². The quantitative estimate of drug-likeness (QED) is 0.752. The lowest BCUT2D eigenvalue weighted by Crippen LogP contribution is -2.49. The van der Waals surface area contributed by atoms with E-state index in [4.69, 9.17) is 10.5 Å².